The Morgan fingerprint density at radius 3 is 2.56 bits per heavy atom. The summed E-state index contributed by atoms with van der Waals surface area (Å²) in [4.78, 5) is 23.7. The van der Waals surface area contributed by atoms with Gasteiger partial charge in [0.25, 0.3) is 5.91 Å². The highest BCUT2D eigenvalue weighted by Crippen LogP contribution is 2.24. The lowest BCUT2D eigenvalue weighted by Crippen LogP contribution is -2.25. The highest BCUT2D eigenvalue weighted by atomic mass is 16.1. The van der Waals surface area contributed by atoms with Crippen molar-refractivity contribution in [3.63, 3.8) is 0 Å². The molecule has 138 valence electrons. The molecule has 1 amide bonds. The van der Waals surface area contributed by atoms with Gasteiger partial charge in [0.1, 0.15) is 11.5 Å². The minimum absolute atomic E-state index is 0.219. The first-order valence-corrected chi connectivity index (χ1v) is 9.28. The highest BCUT2D eigenvalue weighted by molar-refractivity contribution is 6.05. The highest BCUT2D eigenvalue weighted by Gasteiger charge is 2.15. The van der Waals surface area contributed by atoms with E-state index in [0.717, 1.165) is 24.6 Å². The number of hydrogen-bond acceptors (Lipinski definition) is 5. The van der Waals surface area contributed by atoms with Gasteiger partial charge in [-0.1, -0.05) is 18.9 Å². The number of amides is 1. The fourth-order valence-corrected chi connectivity index (χ4v) is 3.29. The van der Waals surface area contributed by atoms with E-state index in [0.29, 0.717) is 16.9 Å². The first-order chi connectivity index (χ1) is 13.3. The molecule has 0 bridgehead atoms. The number of aromatic nitrogens is 4. The van der Waals surface area contributed by atoms with E-state index in [4.69, 9.17) is 0 Å². The Hall–Kier alpha value is -3.22. The smallest absolute Gasteiger partial charge is 0.257 e. The summed E-state index contributed by atoms with van der Waals surface area (Å²) in [7, 11) is 0. The molecule has 1 fully saturated rings. The zero-order valence-corrected chi connectivity index (χ0v) is 15.1. The van der Waals surface area contributed by atoms with E-state index in [9.17, 15) is 4.79 Å². The average molecular weight is 362 g/mol. The number of pyridine rings is 2. The molecule has 0 saturated carbocycles. The number of H-pyrrole nitrogens is 1. The zero-order chi connectivity index (χ0) is 18.5. The number of aromatic amines is 1. The van der Waals surface area contributed by atoms with E-state index in [1.807, 2.05) is 30.3 Å². The van der Waals surface area contributed by atoms with Crippen molar-refractivity contribution in [2.75, 3.05) is 23.3 Å². The second kappa shape index (κ2) is 7.99. The van der Waals surface area contributed by atoms with Crippen molar-refractivity contribution in [2.24, 2.45) is 0 Å². The number of nitrogens with zero attached hydrogens (tertiary/aromatic N) is 4. The molecule has 27 heavy (non-hydrogen) atoms. The lowest BCUT2D eigenvalue weighted by atomic mass is 10.2. The van der Waals surface area contributed by atoms with Gasteiger partial charge in [-0.2, -0.15) is 5.10 Å². The fraction of sp³-hybridized carbons (Fsp3) is 0.300. The molecular formula is C20H22N6O. The Labute approximate surface area is 157 Å². The van der Waals surface area contributed by atoms with Crippen LogP contribution in [0.3, 0.4) is 0 Å². The second-order valence-electron chi connectivity index (χ2n) is 6.63. The molecule has 1 saturated heterocycles. The Balaban J connectivity index is 1.47. The minimum atomic E-state index is -0.219. The Bertz CT molecular complexity index is 882. The van der Waals surface area contributed by atoms with Crippen molar-refractivity contribution in [1.82, 2.24) is 20.2 Å². The summed E-state index contributed by atoms with van der Waals surface area (Å²) in [5.74, 6) is 0.717. The maximum absolute atomic E-state index is 12.6. The molecule has 2 N–H and O–H groups in total. The standard InChI is InChI=1S/C20H22N6O/c27-20(24-17-14-23-25-19(17)16-7-3-4-10-21-16)15-8-9-18(22-13-15)26-11-5-1-2-6-12-26/h3-4,7-10,13-14H,1-2,5-6,11-12H2,(H,23,25)(H,24,27). The van der Waals surface area contributed by atoms with Crippen molar-refractivity contribution < 1.29 is 4.79 Å². The maximum Gasteiger partial charge on any atom is 0.257 e. The summed E-state index contributed by atoms with van der Waals surface area (Å²) >= 11 is 0. The molecule has 7 heteroatoms. The van der Waals surface area contributed by atoms with Crippen LogP contribution >= 0.6 is 0 Å². The zero-order valence-electron chi connectivity index (χ0n) is 15.1. The lowest BCUT2D eigenvalue weighted by Gasteiger charge is -2.21. The lowest BCUT2D eigenvalue weighted by molar-refractivity contribution is 0.102. The van der Waals surface area contributed by atoms with Crippen LogP contribution in [0, 0.1) is 0 Å². The van der Waals surface area contributed by atoms with Crippen LogP contribution in [0.1, 0.15) is 36.0 Å². The van der Waals surface area contributed by atoms with E-state index in [-0.39, 0.29) is 5.91 Å². The largest absolute Gasteiger partial charge is 0.357 e. The molecule has 1 aliphatic heterocycles. The van der Waals surface area contributed by atoms with Gasteiger partial charge in [0.05, 0.1) is 23.1 Å². The van der Waals surface area contributed by atoms with Crippen molar-refractivity contribution in [3.05, 3.63) is 54.5 Å². The second-order valence-corrected chi connectivity index (χ2v) is 6.63. The maximum atomic E-state index is 12.6. The van der Waals surface area contributed by atoms with Crippen LogP contribution in [0.15, 0.2) is 48.9 Å². The first kappa shape index (κ1) is 17.2. The summed E-state index contributed by atoms with van der Waals surface area (Å²) in [6, 6.07) is 9.34. The molecule has 0 spiro atoms. The molecule has 1 aliphatic rings. The number of nitrogens with one attached hydrogen (secondary N) is 2. The third-order valence-electron chi connectivity index (χ3n) is 4.75. The van der Waals surface area contributed by atoms with Gasteiger partial charge in [0.15, 0.2) is 0 Å². The number of carbonyl (C=O) groups excluding carboxylic acids is 1. The van der Waals surface area contributed by atoms with Gasteiger partial charge in [-0.25, -0.2) is 4.98 Å². The van der Waals surface area contributed by atoms with Crippen molar-refractivity contribution in [3.8, 4) is 11.4 Å². The van der Waals surface area contributed by atoms with Crippen LogP contribution in [0.5, 0.6) is 0 Å². The quantitative estimate of drug-likeness (QED) is 0.742. The van der Waals surface area contributed by atoms with Crippen LogP contribution < -0.4 is 10.2 Å². The van der Waals surface area contributed by atoms with Crippen molar-refractivity contribution in [1.29, 1.82) is 0 Å². The number of rotatable bonds is 4. The summed E-state index contributed by atoms with van der Waals surface area (Å²) in [5.41, 5.74) is 2.51. The van der Waals surface area contributed by atoms with E-state index >= 15 is 0 Å². The molecule has 3 aromatic rings. The minimum Gasteiger partial charge on any atom is -0.357 e. The van der Waals surface area contributed by atoms with E-state index < -0.39 is 0 Å². The molecule has 0 unspecified atom stereocenters. The molecule has 0 aliphatic carbocycles. The third-order valence-corrected chi connectivity index (χ3v) is 4.75. The molecule has 3 aromatic heterocycles. The monoisotopic (exact) mass is 362 g/mol. The van der Waals surface area contributed by atoms with Gasteiger partial charge in [0, 0.05) is 25.5 Å². The summed E-state index contributed by atoms with van der Waals surface area (Å²) in [6.07, 6.45) is 9.87. The topological polar surface area (TPSA) is 86.8 Å². The van der Waals surface area contributed by atoms with E-state index in [1.54, 1.807) is 18.6 Å². The van der Waals surface area contributed by atoms with Gasteiger partial charge < -0.3 is 10.2 Å². The Morgan fingerprint density at radius 1 is 1.00 bits per heavy atom. The normalized spacial score (nSPS) is 14.6. The van der Waals surface area contributed by atoms with Gasteiger partial charge in [-0.05, 0) is 37.1 Å². The fourth-order valence-electron chi connectivity index (χ4n) is 3.29. The van der Waals surface area contributed by atoms with Crippen molar-refractivity contribution >= 4 is 17.4 Å². The SMILES string of the molecule is O=C(Nc1cn[nH]c1-c1ccccn1)c1ccc(N2CCCCCC2)nc1. The summed E-state index contributed by atoms with van der Waals surface area (Å²) in [6.45, 7) is 2.06. The molecule has 0 aromatic carbocycles. The predicted molar refractivity (Wildman–Crippen MR) is 105 cm³/mol. The summed E-state index contributed by atoms with van der Waals surface area (Å²) < 4.78 is 0. The van der Waals surface area contributed by atoms with Crippen LogP contribution in [0.25, 0.3) is 11.4 Å². The number of hydrogen-bond donors (Lipinski definition) is 2. The third kappa shape index (κ3) is 3.97. The van der Waals surface area contributed by atoms with Crippen LogP contribution in [-0.4, -0.2) is 39.2 Å². The molecule has 7 nitrogen and oxygen atoms in total. The van der Waals surface area contributed by atoms with Crippen LogP contribution in [-0.2, 0) is 0 Å². The van der Waals surface area contributed by atoms with Gasteiger partial charge in [-0.3, -0.25) is 14.9 Å². The van der Waals surface area contributed by atoms with E-state index in [2.05, 4.69) is 30.4 Å². The Morgan fingerprint density at radius 2 is 1.85 bits per heavy atom. The van der Waals surface area contributed by atoms with Crippen LogP contribution in [0.4, 0.5) is 11.5 Å². The number of anilines is 2. The molecule has 4 heterocycles. The first-order valence-electron chi connectivity index (χ1n) is 9.28. The van der Waals surface area contributed by atoms with E-state index in [1.165, 1.54) is 25.7 Å². The van der Waals surface area contributed by atoms with Crippen LogP contribution in [0.2, 0.25) is 0 Å². The van der Waals surface area contributed by atoms with Gasteiger partial charge in [-0.15, -0.1) is 0 Å². The van der Waals surface area contributed by atoms with Crippen molar-refractivity contribution in [2.45, 2.75) is 25.7 Å². The average Bonchev–Trinajstić information content (AvgIpc) is 3.00. The van der Waals surface area contributed by atoms with Gasteiger partial charge >= 0.3 is 0 Å². The molecule has 4 rings (SSSR count). The predicted octanol–water partition coefficient (Wildman–Crippen LogP) is 3.50. The molecule has 0 radical (unpaired) electrons. The Kier molecular flexibility index (Phi) is 5.09. The molecular weight excluding hydrogens is 340 g/mol. The number of carbonyl (C=O) groups is 1. The molecule has 0 atom stereocenters. The van der Waals surface area contributed by atoms with Gasteiger partial charge in [0.2, 0.25) is 0 Å². The summed E-state index contributed by atoms with van der Waals surface area (Å²) in [5, 5.41) is 9.80.